The molecule has 0 aliphatic heterocycles. The zero-order valence-corrected chi connectivity index (χ0v) is 21.3. The van der Waals surface area contributed by atoms with Crippen molar-refractivity contribution < 1.29 is 9.59 Å². The van der Waals surface area contributed by atoms with Crippen LogP contribution in [0.2, 0.25) is 0 Å². The van der Waals surface area contributed by atoms with Gasteiger partial charge in [0.1, 0.15) is 5.82 Å². The summed E-state index contributed by atoms with van der Waals surface area (Å²) >= 11 is 0. The summed E-state index contributed by atoms with van der Waals surface area (Å²) in [6.45, 7) is 0. The van der Waals surface area contributed by atoms with Crippen molar-refractivity contribution in [2.24, 2.45) is 11.8 Å². The molecule has 7 rings (SSSR count). The Hall–Kier alpha value is -4.71. The Kier molecular flexibility index (Phi) is 5.73. The number of imidazole rings is 1. The van der Waals surface area contributed by atoms with Gasteiger partial charge in [-0.05, 0) is 78.3 Å². The molecule has 0 bridgehead atoms. The van der Waals surface area contributed by atoms with Crippen molar-refractivity contribution in [3.8, 4) is 11.4 Å². The summed E-state index contributed by atoms with van der Waals surface area (Å²) in [7, 11) is 0. The van der Waals surface area contributed by atoms with Crippen LogP contribution >= 0.6 is 0 Å². The Bertz CT molecular complexity index is 1660. The summed E-state index contributed by atoms with van der Waals surface area (Å²) in [5.41, 5.74) is 6.59. The van der Waals surface area contributed by atoms with E-state index in [1.165, 1.54) is 11.1 Å². The van der Waals surface area contributed by atoms with Crippen molar-refractivity contribution in [3.05, 3.63) is 114 Å². The number of aromatic nitrogens is 2. The van der Waals surface area contributed by atoms with Crippen LogP contribution in [0.25, 0.3) is 22.4 Å². The van der Waals surface area contributed by atoms with E-state index in [2.05, 4.69) is 39.9 Å². The fourth-order valence-corrected chi connectivity index (χ4v) is 5.51. The first-order valence-corrected chi connectivity index (χ1v) is 13.4. The van der Waals surface area contributed by atoms with Crippen molar-refractivity contribution in [2.75, 3.05) is 10.6 Å². The van der Waals surface area contributed by atoms with Gasteiger partial charge >= 0.3 is 0 Å². The molecule has 2 amide bonds. The molecular formula is C33H28N4O2. The van der Waals surface area contributed by atoms with Crippen molar-refractivity contribution >= 4 is 34.2 Å². The molecule has 192 valence electrons. The monoisotopic (exact) mass is 512 g/mol. The second kappa shape index (κ2) is 9.55. The first-order valence-electron chi connectivity index (χ1n) is 13.4. The van der Waals surface area contributed by atoms with Crippen LogP contribution in [-0.4, -0.2) is 21.8 Å². The smallest absolute Gasteiger partial charge is 0.228 e. The molecule has 2 aliphatic rings. The molecule has 5 aromatic rings. The molecule has 1 aromatic heterocycles. The molecule has 0 spiro atoms. The lowest BCUT2D eigenvalue weighted by Gasteiger charge is -2.06. The van der Waals surface area contributed by atoms with Gasteiger partial charge in [-0.1, -0.05) is 60.7 Å². The second-order valence-electron chi connectivity index (χ2n) is 10.6. The number of rotatable bonds is 7. The number of aromatic amines is 1. The minimum absolute atomic E-state index is 0.0172. The number of hydrogen-bond donors (Lipinski definition) is 3. The Balaban J connectivity index is 0.988. The predicted molar refractivity (Wildman–Crippen MR) is 153 cm³/mol. The zero-order chi connectivity index (χ0) is 26.3. The molecule has 2 aliphatic carbocycles. The predicted octanol–water partition coefficient (Wildman–Crippen LogP) is 6.71. The number of hydrogen-bond acceptors (Lipinski definition) is 3. The van der Waals surface area contributed by atoms with Gasteiger partial charge in [0.15, 0.2) is 0 Å². The Morgan fingerprint density at radius 2 is 1.21 bits per heavy atom. The molecule has 6 nitrogen and oxygen atoms in total. The molecule has 4 aromatic carbocycles. The molecule has 0 saturated heterocycles. The SMILES string of the molecule is O=C(Nc1ccc(-c2nc3ccc(NC(=O)C4C[C@H]4c4ccccc4)cc3[nH]2)cc1)C1C[C@@H]1c1ccccc1. The third-order valence-electron chi connectivity index (χ3n) is 7.89. The molecule has 4 atom stereocenters. The number of carbonyl (C=O) groups is 2. The van der Waals surface area contributed by atoms with E-state index in [1.54, 1.807) is 0 Å². The molecule has 3 N–H and O–H groups in total. The van der Waals surface area contributed by atoms with E-state index in [1.807, 2.05) is 78.9 Å². The maximum atomic E-state index is 12.8. The third kappa shape index (κ3) is 4.81. The van der Waals surface area contributed by atoms with Gasteiger partial charge in [0.05, 0.1) is 11.0 Å². The fraction of sp³-hybridized carbons (Fsp3) is 0.182. The van der Waals surface area contributed by atoms with Crippen molar-refractivity contribution in [2.45, 2.75) is 24.7 Å². The molecule has 2 unspecified atom stereocenters. The minimum atomic E-state index is 0.0172. The van der Waals surface area contributed by atoms with Crippen molar-refractivity contribution in [1.29, 1.82) is 0 Å². The summed E-state index contributed by atoms with van der Waals surface area (Å²) in [5.74, 6) is 1.52. The third-order valence-corrected chi connectivity index (χ3v) is 7.89. The van der Waals surface area contributed by atoms with Crippen molar-refractivity contribution in [1.82, 2.24) is 9.97 Å². The van der Waals surface area contributed by atoms with Gasteiger partial charge in [0.2, 0.25) is 11.8 Å². The molecule has 6 heteroatoms. The molecule has 2 saturated carbocycles. The molecule has 2 fully saturated rings. The summed E-state index contributed by atoms with van der Waals surface area (Å²) in [6.07, 6.45) is 1.78. The number of nitrogens with zero attached hydrogens (tertiary/aromatic N) is 1. The standard InChI is InChI=1S/C33H28N4O2/c38-32(27-18-25(27)20-7-3-1-4-8-20)34-23-13-11-22(12-14-23)31-36-29-16-15-24(17-30(29)37-31)35-33(39)28-19-26(28)21-9-5-2-6-10-21/h1-17,25-28H,18-19H2,(H,34,38)(H,35,39)(H,36,37)/t25-,26+,27?,28?/m1/s1. The number of benzene rings is 4. The first-order chi connectivity index (χ1) is 19.1. The number of amides is 2. The van der Waals surface area contributed by atoms with E-state index >= 15 is 0 Å². The van der Waals surface area contributed by atoms with Crippen LogP contribution in [0.15, 0.2) is 103 Å². The number of carbonyl (C=O) groups excluding carboxylic acids is 2. The highest BCUT2D eigenvalue weighted by Gasteiger charge is 2.44. The number of anilines is 2. The van der Waals surface area contributed by atoms with Gasteiger partial charge in [-0.3, -0.25) is 9.59 Å². The number of nitrogens with one attached hydrogen (secondary N) is 3. The van der Waals surface area contributed by atoms with E-state index < -0.39 is 0 Å². The van der Waals surface area contributed by atoms with Crippen LogP contribution < -0.4 is 10.6 Å². The van der Waals surface area contributed by atoms with Gasteiger partial charge in [0, 0.05) is 28.8 Å². The Morgan fingerprint density at radius 3 is 1.79 bits per heavy atom. The van der Waals surface area contributed by atoms with Crippen LogP contribution in [0.4, 0.5) is 11.4 Å². The molecule has 39 heavy (non-hydrogen) atoms. The maximum absolute atomic E-state index is 12.8. The molecule has 1 heterocycles. The maximum Gasteiger partial charge on any atom is 0.228 e. The van der Waals surface area contributed by atoms with Gasteiger partial charge in [-0.25, -0.2) is 4.98 Å². The fourth-order valence-electron chi connectivity index (χ4n) is 5.51. The van der Waals surface area contributed by atoms with Crippen LogP contribution in [0, 0.1) is 11.8 Å². The lowest BCUT2D eigenvalue weighted by Crippen LogP contribution is -2.14. The van der Waals surface area contributed by atoms with E-state index in [0.717, 1.165) is 46.6 Å². The van der Waals surface area contributed by atoms with Gasteiger partial charge in [-0.2, -0.15) is 0 Å². The Morgan fingerprint density at radius 1 is 0.667 bits per heavy atom. The van der Waals surface area contributed by atoms with Crippen molar-refractivity contribution in [3.63, 3.8) is 0 Å². The van der Waals surface area contributed by atoms with E-state index in [-0.39, 0.29) is 23.7 Å². The lowest BCUT2D eigenvalue weighted by molar-refractivity contribution is -0.118. The first kappa shape index (κ1) is 23.4. The van der Waals surface area contributed by atoms with Crippen LogP contribution in [0.5, 0.6) is 0 Å². The summed E-state index contributed by atoms with van der Waals surface area (Å²) in [6, 6.07) is 33.9. The highest BCUT2D eigenvalue weighted by atomic mass is 16.2. The van der Waals surface area contributed by atoms with E-state index in [0.29, 0.717) is 11.8 Å². The zero-order valence-electron chi connectivity index (χ0n) is 21.3. The average molecular weight is 513 g/mol. The lowest BCUT2D eigenvalue weighted by atomic mass is 10.1. The van der Waals surface area contributed by atoms with Crippen LogP contribution in [0.1, 0.15) is 35.8 Å². The van der Waals surface area contributed by atoms with Gasteiger partial charge in [-0.15, -0.1) is 0 Å². The number of H-pyrrole nitrogens is 1. The second-order valence-corrected chi connectivity index (χ2v) is 10.6. The average Bonchev–Trinajstić information content (AvgIpc) is 3.90. The highest BCUT2D eigenvalue weighted by Crippen LogP contribution is 2.48. The summed E-state index contributed by atoms with van der Waals surface area (Å²) in [4.78, 5) is 33.6. The summed E-state index contributed by atoms with van der Waals surface area (Å²) < 4.78 is 0. The van der Waals surface area contributed by atoms with Crippen LogP contribution in [-0.2, 0) is 9.59 Å². The molecule has 0 radical (unpaired) electrons. The van der Waals surface area contributed by atoms with Gasteiger partial charge in [0.25, 0.3) is 0 Å². The summed E-state index contributed by atoms with van der Waals surface area (Å²) in [5, 5.41) is 6.12. The van der Waals surface area contributed by atoms with E-state index in [4.69, 9.17) is 4.98 Å². The normalized spacial score (nSPS) is 21.3. The topological polar surface area (TPSA) is 86.9 Å². The van der Waals surface area contributed by atoms with E-state index in [9.17, 15) is 9.59 Å². The minimum Gasteiger partial charge on any atom is -0.338 e. The highest BCUT2D eigenvalue weighted by molar-refractivity contribution is 5.97. The quantitative estimate of drug-likeness (QED) is 0.226. The largest absolute Gasteiger partial charge is 0.338 e. The number of fused-ring (bicyclic) bond motifs is 1. The van der Waals surface area contributed by atoms with Crippen LogP contribution in [0.3, 0.4) is 0 Å². The molecular weight excluding hydrogens is 484 g/mol. The van der Waals surface area contributed by atoms with Gasteiger partial charge < -0.3 is 15.6 Å². The Labute approximate surface area is 226 Å².